The van der Waals surface area contributed by atoms with Gasteiger partial charge in [0.25, 0.3) is 0 Å². The second-order valence-corrected chi connectivity index (χ2v) is 8.40. The van der Waals surface area contributed by atoms with Crippen LogP contribution >= 0.6 is 11.6 Å². The van der Waals surface area contributed by atoms with Gasteiger partial charge in [0.1, 0.15) is 5.75 Å². The van der Waals surface area contributed by atoms with Crippen LogP contribution in [0.5, 0.6) is 5.75 Å². The van der Waals surface area contributed by atoms with Gasteiger partial charge < -0.3 is 10.4 Å². The zero-order chi connectivity index (χ0) is 21.8. The number of rotatable bonds is 7. The van der Waals surface area contributed by atoms with Gasteiger partial charge in [0.05, 0.1) is 23.5 Å². The van der Waals surface area contributed by atoms with E-state index in [-0.39, 0.29) is 18.1 Å². The average molecular weight is 436 g/mol. The second-order valence-electron chi connectivity index (χ2n) is 7.96. The number of carbonyl (C=O) groups is 1. The largest absolute Gasteiger partial charge is 0.508 e. The second kappa shape index (κ2) is 9.48. The van der Waals surface area contributed by atoms with Crippen LogP contribution in [0.4, 0.5) is 5.82 Å². The van der Waals surface area contributed by atoms with Gasteiger partial charge in [-0.1, -0.05) is 43.5 Å². The zero-order valence-electron chi connectivity index (χ0n) is 17.6. The lowest BCUT2D eigenvalue weighted by molar-refractivity contribution is -0.115. The minimum atomic E-state index is -0.116. The van der Waals surface area contributed by atoms with Gasteiger partial charge in [-0.3, -0.25) is 4.79 Å². The molecule has 1 aliphatic carbocycles. The van der Waals surface area contributed by atoms with Crippen molar-refractivity contribution in [1.82, 2.24) is 9.97 Å². The van der Waals surface area contributed by atoms with E-state index in [0.29, 0.717) is 10.8 Å². The van der Waals surface area contributed by atoms with E-state index in [0.717, 1.165) is 72.3 Å². The lowest BCUT2D eigenvalue weighted by Gasteiger charge is -2.21. The Bertz CT molecular complexity index is 1100. The molecule has 0 radical (unpaired) electrons. The van der Waals surface area contributed by atoms with Crippen molar-refractivity contribution in [1.29, 1.82) is 0 Å². The fourth-order valence-electron chi connectivity index (χ4n) is 3.95. The van der Waals surface area contributed by atoms with Crippen molar-refractivity contribution in [2.45, 2.75) is 51.9 Å². The predicted molar refractivity (Wildman–Crippen MR) is 124 cm³/mol. The molecule has 0 unspecified atom stereocenters. The molecule has 2 aromatic carbocycles. The summed E-state index contributed by atoms with van der Waals surface area (Å²) in [5.41, 5.74) is 5.57. The Hall–Kier alpha value is -2.92. The van der Waals surface area contributed by atoms with E-state index < -0.39 is 0 Å². The molecule has 6 heteroatoms. The van der Waals surface area contributed by atoms with Crippen molar-refractivity contribution < 1.29 is 9.90 Å². The standard InChI is InChI=1S/C25H26ClN3O2/c1-2-3-4-5-22-25(29-23(31)14-16-6-9-18(26)10-7-16)28-21-13-8-17-15-19(30)11-12-20(17)24(21)27-22/h6-7,9-12,15,30H,2-5,8,13-14H2,1H3,(H,28,29,31). The number of aromatic hydroxyl groups is 1. The lowest BCUT2D eigenvalue weighted by Crippen LogP contribution is -2.20. The number of aromatic nitrogens is 2. The predicted octanol–water partition coefficient (Wildman–Crippen LogP) is 5.52. The van der Waals surface area contributed by atoms with Crippen LogP contribution in [0.3, 0.4) is 0 Å². The first-order valence-electron chi connectivity index (χ1n) is 10.8. The molecule has 2 N–H and O–H groups in total. The summed E-state index contributed by atoms with van der Waals surface area (Å²) in [7, 11) is 0. The SMILES string of the molecule is CCCCCc1nc2c(nc1NC(=O)Cc1ccc(Cl)cc1)CCc1cc(O)ccc1-2. The molecule has 5 nitrogen and oxygen atoms in total. The van der Waals surface area contributed by atoms with Crippen molar-refractivity contribution in [3.05, 3.63) is 70.0 Å². The molecule has 3 aromatic rings. The molecular weight excluding hydrogens is 410 g/mol. The zero-order valence-corrected chi connectivity index (χ0v) is 18.4. The Morgan fingerprint density at radius 1 is 1.10 bits per heavy atom. The number of fused-ring (bicyclic) bond motifs is 3. The van der Waals surface area contributed by atoms with Crippen molar-refractivity contribution in [3.63, 3.8) is 0 Å². The molecule has 1 amide bonds. The van der Waals surface area contributed by atoms with E-state index >= 15 is 0 Å². The number of phenols is 1. The molecule has 160 valence electrons. The molecule has 4 rings (SSSR count). The van der Waals surface area contributed by atoms with E-state index in [2.05, 4.69) is 12.2 Å². The average Bonchev–Trinajstić information content (AvgIpc) is 2.75. The van der Waals surface area contributed by atoms with E-state index in [1.807, 2.05) is 18.2 Å². The highest BCUT2D eigenvalue weighted by Crippen LogP contribution is 2.34. The number of halogens is 1. The molecular formula is C25H26ClN3O2. The van der Waals surface area contributed by atoms with Crippen molar-refractivity contribution in [2.24, 2.45) is 0 Å². The first-order chi connectivity index (χ1) is 15.0. The molecule has 31 heavy (non-hydrogen) atoms. The number of nitrogens with one attached hydrogen (secondary N) is 1. The number of hydrogen-bond acceptors (Lipinski definition) is 4. The van der Waals surface area contributed by atoms with E-state index in [1.165, 1.54) is 0 Å². The summed E-state index contributed by atoms with van der Waals surface area (Å²) in [6, 6.07) is 12.7. The number of benzene rings is 2. The number of nitrogens with zero attached hydrogens (tertiary/aromatic N) is 2. The summed E-state index contributed by atoms with van der Waals surface area (Å²) in [6.45, 7) is 2.16. The third kappa shape index (κ3) is 5.05. The van der Waals surface area contributed by atoms with Crippen LogP contribution in [-0.2, 0) is 30.5 Å². The smallest absolute Gasteiger partial charge is 0.229 e. The Kier molecular flexibility index (Phi) is 6.52. The van der Waals surface area contributed by atoms with Crippen molar-refractivity contribution in [3.8, 4) is 17.0 Å². The van der Waals surface area contributed by atoms with Crippen molar-refractivity contribution in [2.75, 3.05) is 5.32 Å². The topological polar surface area (TPSA) is 75.1 Å². The third-order valence-corrected chi connectivity index (χ3v) is 5.82. The number of hydrogen-bond donors (Lipinski definition) is 2. The quantitative estimate of drug-likeness (QED) is 0.479. The van der Waals surface area contributed by atoms with Crippen LogP contribution in [0, 0.1) is 0 Å². The fraction of sp³-hybridized carbons (Fsp3) is 0.320. The maximum absolute atomic E-state index is 12.7. The number of unbranched alkanes of at least 4 members (excludes halogenated alkanes) is 2. The van der Waals surface area contributed by atoms with Gasteiger partial charge in [-0.2, -0.15) is 0 Å². The molecule has 0 fully saturated rings. The number of carbonyl (C=O) groups excluding carboxylic acids is 1. The maximum atomic E-state index is 12.7. The molecule has 0 spiro atoms. The van der Waals surface area contributed by atoms with Gasteiger partial charge in [-0.15, -0.1) is 0 Å². The molecule has 0 saturated carbocycles. The third-order valence-electron chi connectivity index (χ3n) is 5.57. The normalized spacial score (nSPS) is 12.2. The van der Waals surface area contributed by atoms with E-state index in [9.17, 15) is 9.90 Å². The summed E-state index contributed by atoms with van der Waals surface area (Å²) in [6.07, 6.45) is 5.74. The summed E-state index contributed by atoms with van der Waals surface area (Å²) in [5.74, 6) is 0.718. The van der Waals surface area contributed by atoms with Gasteiger partial charge in [-0.25, -0.2) is 9.97 Å². The molecule has 0 atom stereocenters. The fourth-order valence-corrected chi connectivity index (χ4v) is 4.07. The van der Waals surface area contributed by atoms with Crippen LogP contribution in [0.15, 0.2) is 42.5 Å². The van der Waals surface area contributed by atoms with Gasteiger partial charge in [-0.05, 0) is 67.1 Å². The Labute approximate surface area is 187 Å². The number of aryl methyl sites for hydroxylation is 3. The minimum absolute atomic E-state index is 0.116. The van der Waals surface area contributed by atoms with Gasteiger partial charge in [0.2, 0.25) is 5.91 Å². The Balaban J connectivity index is 1.62. The highest BCUT2D eigenvalue weighted by atomic mass is 35.5. The lowest BCUT2D eigenvalue weighted by atomic mass is 9.91. The highest BCUT2D eigenvalue weighted by Gasteiger charge is 2.22. The van der Waals surface area contributed by atoms with Crippen LogP contribution in [-0.4, -0.2) is 21.0 Å². The number of amides is 1. The Morgan fingerprint density at radius 2 is 1.90 bits per heavy atom. The van der Waals surface area contributed by atoms with E-state index in [4.69, 9.17) is 21.6 Å². The van der Waals surface area contributed by atoms with Crippen molar-refractivity contribution >= 4 is 23.3 Å². The molecule has 1 aromatic heterocycles. The van der Waals surface area contributed by atoms with Crippen LogP contribution < -0.4 is 5.32 Å². The van der Waals surface area contributed by atoms with Gasteiger partial charge in [0.15, 0.2) is 5.82 Å². The van der Waals surface area contributed by atoms with Crippen LogP contribution in [0.25, 0.3) is 11.3 Å². The summed E-state index contributed by atoms with van der Waals surface area (Å²) < 4.78 is 0. The minimum Gasteiger partial charge on any atom is -0.508 e. The summed E-state index contributed by atoms with van der Waals surface area (Å²) in [4.78, 5) is 22.5. The molecule has 1 heterocycles. The maximum Gasteiger partial charge on any atom is 0.229 e. The van der Waals surface area contributed by atoms with Gasteiger partial charge >= 0.3 is 0 Å². The first kappa shape index (κ1) is 21.3. The van der Waals surface area contributed by atoms with E-state index in [1.54, 1.807) is 24.3 Å². The Morgan fingerprint density at radius 3 is 2.68 bits per heavy atom. The van der Waals surface area contributed by atoms with Crippen LogP contribution in [0.1, 0.15) is 48.7 Å². The molecule has 0 aliphatic heterocycles. The van der Waals surface area contributed by atoms with Gasteiger partial charge in [0, 0.05) is 10.6 Å². The summed E-state index contributed by atoms with van der Waals surface area (Å²) in [5, 5.41) is 13.5. The first-order valence-corrected chi connectivity index (χ1v) is 11.2. The highest BCUT2D eigenvalue weighted by molar-refractivity contribution is 6.30. The summed E-state index contributed by atoms with van der Waals surface area (Å²) >= 11 is 5.94. The molecule has 1 aliphatic rings. The molecule has 0 bridgehead atoms. The number of phenolic OH excluding ortho intramolecular Hbond substituents is 1. The number of anilines is 1. The monoisotopic (exact) mass is 435 g/mol. The molecule has 0 saturated heterocycles. The van der Waals surface area contributed by atoms with Crippen LogP contribution in [0.2, 0.25) is 5.02 Å².